The quantitative estimate of drug-likeness (QED) is 0.600. The summed E-state index contributed by atoms with van der Waals surface area (Å²) in [5.41, 5.74) is 0. The van der Waals surface area contributed by atoms with Crippen LogP contribution in [0.15, 0.2) is 34.1 Å². The van der Waals surface area contributed by atoms with Crippen molar-refractivity contribution in [3.05, 3.63) is 36.3 Å². The average molecular weight is 346 g/mol. The van der Waals surface area contributed by atoms with Crippen molar-refractivity contribution in [3.8, 4) is 0 Å². The van der Waals surface area contributed by atoms with E-state index in [-0.39, 0.29) is 6.10 Å². The molecule has 8 nitrogen and oxygen atoms in total. The van der Waals surface area contributed by atoms with E-state index in [4.69, 9.17) is 9.41 Å². The first-order valence-corrected chi connectivity index (χ1v) is 8.86. The molecule has 3 rings (SSSR count). The normalized spacial score (nSPS) is 16.4. The van der Waals surface area contributed by atoms with Crippen LogP contribution in [0.2, 0.25) is 0 Å². The fourth-order valence-electron chi connectivity index (χ4n) is 2.93. The van der Waals surface area contributed by atoms with Crippen molar-refractivity contribution in [2.75, 3.05) is 19.6 Å². The van der Waals surface area contributed by atoms with Crippen LogP contribution in [-0.2, 0) is 19.5 Å². The summed E-state index contributed by atoms with van der Waals surface area (Å²) >= 11 is 0. The predicted octanol–water partition coefficient (Wildman–Crippen LogP) is 1.04. The highest BCUT2D eigenvalue weighted by atomic mass is 16.3. The lowest BCUT2D eigenvalue weighted by atomic mass is 10.1. The molecule has 1 aliphatic heterocycles. The molecule has 1 saturated heterocycles. The Morgan fingerprint density at radius 3 is 3.00 bits per heavy atom. The Balaban J connectivity index is 1.60. The number of aromatic nitrogens is 3. The summed E-state index contributed by atoms with van der Waals surface area (Å²) in [6.45, 7) is 5.70. The zero-order valence-electron chi connectivity index (χ0n) is 14.6. The van der Waals surface area contributed by atoms with E-state index in [1.165, 1.54) is 0 Å². The van der Waals surface area contributed by atoms with Crippen molar-refractivity contribution in [2.24, 2.45) is 4.99 Å². The van der Waals surface area contributed by atoms with Crippen LogP contribution < -0.4 is 5.32 Å². The highest BCUT2D eigenvalue weighted by molar-refractivity contribution is 5.80. The van der Waals surface area contributed by atoms with Crippen LogP contribution in [0.3, 0.4) is 0 Å². The van der Waals surface area contributed by atoms with Crippen molar-refractivity contribution in [1.82, 2.24) is 25.0 Å². The molecule has 0 unspecified atom stereocenters. The summed E-state index contributed by atoms with van der Waals surface area (Å²) in [6.07, 6.45) is 5.63. The fourth-order valence-corrected chi connectivity index (χ4v) is 2.93. The minimum atomic E-state index is -0.202. The maximum absolute atomic E-state index is 9.73. The summed E-state index contributed by atoms with van der Waals surface area (Å²) in [7, 11) is 0. The van der Waals surface area contributed by atoms with Crippen molar-refractivity contribution in [3.63, 3.8) is 0 Å². The number of nitrogens with zero attached hydrogens (tertiary/aromatic N) is 5. The van der Waals surface area contributed by atoms with Crippen LogP contribution >= 0.6 is 0 Å². The Morgan fingerprint density at radius 1 is 1.44 bits per heavy atom. The fraction of sp³-hybridized carbons (Fsp3) is 0.588. The molecule has 0 saturated carbocycles. The molecule has 2 aromatic heterocycles. The smallest absolute Gasteiger partial charge is 0.194 e. The van der Waals surface area contributed by atoms with Gasteiger partial charge in [0.1, 0.15) is 24.5 Å². The number of hydrogen-bond donors (Lipinski definition) is 2. The number of hydrogen-bond acceptors (Lipinski definition) is 5. The van der Waals surface area contributed by atoms with Crippen molar-refractivity contribution < 1.29 is 9.52 Å². The van der Waals surface area contributed by atoms with E-state index in [2.05, 4.69) is 31.9 Å². The van der Waals surface area contributed by atoms with Crippen LogP contribution in [-0.4, -0.2) is 56.5 Å². The number of aliphatic hydroxyl groups is 1. The summed E-state index contributed by atoms with van der Waals surface area (Å²) in [6, 6.07) is 3.79. The second-order valence-corrected chi connectivity index (χ2v) is 6.16. The number of piperidine rings is 1. The van der Waals surface area contributed by atoms with Gasteiger partial charge in [0.25, 0.3) is 0 Å². The van der Waals surface area contributed by atoms with Gasteiger partial charge in [-0.05, 0) is 25.0 Å². The molecule has 25 heavy (non-hydrogen) atoms. The standard InChI is InChI=1S/C17H26N6O2/c1-2-16-21-20-13-23(16)10-7-18-17(19-12-15-4-3-11-25-15)22-8-5-14(24)6-9-22/h3-4,11,13-14,24H,2,5-10,12H2,1H3,(H,18,19). The topological polar surface area (TPSA) is 91.7 Å². The first-order chi connectivity index (χ1) is 12.3. The molecule has 0 spiro atoms. The molecule has 2 N–H and O–H groups in total. The number of aryl methyl sites for hydroxylation is 1. The van der Waals surface area contributed by atoms with Gasteiger partial charge in [-0.2, -0.15) is 0 Å². The van der Waals surface area contributed by atoms with Crippen molar-refractivity contribution in [1.29, 1.82) is 0 Å². The molecule has 3 heterocycles. The van der Waals surface area contributed by atoms with Crippen molar-refractivity contribution >= 4 is 5.96 Å². The van der Waals surface area contributed by atoms with Gasteiger partial charge in [-0.25, -0.2) is 4.99 Å². The van der Waals surface area contributed by atoms with Gasteiger partial charge in [0.2, 0.25) is 0 Å². The number of aliphatic imine (C=N–C) groups is 1. The monoisotopic (exact) mass is 346 g/mol. The molecule has 0 amide bonds. The Hall–Kier alpha value is -2.35. The maximum atomic E-state index is 9.73. The first kappa shape index (κ1) is 17.5. The molecule has 0 radical (unpaired) electrons. The van der Waals surface area contributed by atoms with Crippen LogP contribution in [0, 0.1) is 0 Å². The minimum absolute atomic E-state index is 0.202. The highest BCUT2D eigenvalue weighted by Gasteiger charge is 2.20. The minimum Gasteiger partial charge on any atom is -0.467 e. The van der Waals surface area contributed by atoms with Gasteiger partial charge in [0.15, 0.2) is 5.96 Å². The Bertz CT molecular complexity index is 658. The number of nitrogens with one attached hydrogen (secondary N) is 1. The second-order valence-electron chi connectivity index (χ2n) is 6.16. The lowest BCUT2D eigenvalue weighted by Gasteiger charge is -2.32. The van der Waals surface area contributed by atoms with Gasteiger partial charge in [-0.15, -0.1) is 10.2 Å². The lowest BCUT2D eigenvalue weighted by Crippen LogP contribution is -2.47. The molecule has 8 heteroatoms. The molecule has 0 atom stereocenters. The molecular formula is C17H26N6O2. The van der Waals surface area contributed by atoms with Crippen LogP contribution in [0.4, 0.5) is 0 Å². The van der Waals surface area contributed by atoms with Crippen molar-refractivity contribution in [2.45, 2.75) is 45.4 Å². The van der Waals surface area contributed by atoms with Gasteiger partial charge in [0.05, 0.1) is 12.4 Å². The lowest BCUT2D eigenvalue weighted by molar-refractivity contribution is 0.108. The van der Waals surface area contributed by atoms with Gasteiger partial charge < -0.3 is 24.3 Å². The van der Waals surface area contributed by atoms with E-state index in [1.54, 1.807) is 12.6 Å². The molecule has 2 aromatic rings. The second kappa shape index (κ2) is 8.66. The summed E-state index contributed by atoms with van der Waals surface area (Å²) in [5, 5.41) is 21.2. The third-order valence-corrected chi connectivity index (χ3v) is 4.38. The molecule has 0 bridgehead atoms. The van der Waals surface area contributed by atoms with Gasteiger partial charge in [-0.3, -0.25) is 0 Å². The number of aliphatic hydroxyl groups excluding tert-OH is 1. The Morgan fingerprint density at radius 2 is 2.28 bits per heavy atom. The predicted molar refractivity (Wildman–Crippen MR) is 94.1 cm³/mol. The number of likely N-dealkylation sites (tertiary alicyclic amines) is 1. The van der Waals surface area contributed by atoms with E-state index in [1.807, 2.05) is 12.1 Å². The van der Waals surface area contributed by atoms with E-state index in [9.17, 15) is 5.11 Å². The number of rotatable bonds is 6. The third-order valence-electron chi connectivity index (χ3n) is 4.38. The van der Waals surface area contributed by atoms with Crippen LogP contribution in [0.5, 0.6) is 0 Å². The van der Waals surface area contributed by atoms with Crippen LogP contribution in [0.1, 0.15) is 31.4 Å². The number of furan rings is 1. The maximum Gasteiger partial charge on any atom is 0.194 e. The molecule has 0 aromatic carbocycles. The van der Waals surface area contributed by atoms with E-state index >= 15 is 0 Å². The molecule has 136 valence electrons. The zero-order chi connectivity index (χ0) is 17.5. The highest BCUT2D eigenvalue weighted by Crippen LogP contribution is 2.11. The van der Waals surface area contributed by atoms with Gasteiger partial charge in [0, 0.05) is 32.6 Å². The van der Waals surface area contributed by atoms with E-state index < -0.39 is 0 Å². The van der Waals surface area contributed by atoms with Crippen LogP contribution in [0.25, 0.3) is 0 Å². The molecule has 1 fully saturated rings. The number of guanidine groups is 1. The largest absolute Gasteiger partial charge is 0.467 e. The first-order valence-electron chi connectivity index (χ1n) is 8.86. The summed E-state index contributed by atoms with van der Waals surface area (Å²) < 4.78 is 7.42. The van der Waals surface area contributed by atoms with E-state index in [0.717, 1.165) is 63.0 Å². The summed E-state index contributed by atoms with van der Waals surface area (Å²) in [4.78, 5) is 6.89. The Kier molecular flexibility index (Phi) is 6.05. The Labute approximate surface area is 147 Å². The molecule has 1 aliphatic rings. The average Bonchev–Trinajstić information content (AvgIpc) is 3.30. The van der Waals surface area contributed by atoms with Gasteiger partial charge >= 0.3 is 0 Å². The molecule has 0 aliphatic carbocycles. The SMILES string of the molecule is CCc1nncn1CCNC(=NCc1ccco1)N1CCC(O)CC1. The third kappa shape index (κ3) is 4.82. The zero-order valence-corrected chi connectivity index (χ0v) is 14.6. The van der Waals surface area contributed by atoms with Gasteiger partial charge in [-0.1, -0.05) is 6.92 Å². The summed E-state index contributed by atoms with van der Waals surface area (Å²) in [5.74, 6) is 2.68. The molecular weight excluding hydrogens is 320 g/mol. The van der Waals surface area contributed by atoms with E-state index in [0.29, 0.717) is 6.54 Å².